The van der Waals surface area contributed by atoms with E-state index in [1.165, 1.54) is 0 Å². The molecule has 0 bridgehead atoms. The average Bonchev–Trinajstić information content (AvgIpc) is 2.11. The lowest BCUT2D eigenvalue weighted by Gasteiger charge is -2.18. The molecule has 0 amide bonds. The SMILES string of the molecule is CC(O)C(C)Nc1cc(Br)ccc1Cl. The molecule has 0 heterocycles. The van der Waals surface area contributed by atoms with Crippen molar-refractivity contribution in [3.63, 3.8) is 0 Å². The minimum Gasteiger partial charge on any atom is -0.391 e. The third-order valence-electron chi connectivity index (χ3n) is 2.04. The minimum absolute atomic E-state index is 0.0261. The molecule has 1 rings (SSSR count). The molecule has 14 heavy (non-hydrogen) atoms. The summed E-state index contributed by atoms with van der Waals surface area (Å²) in [5.74, 6) is 0. The first kappa shape index (κ1) is 11.8. The van der Waals surface area contributed by atoms with E-state index >= 15 is 0 Å². The summed E-state index contributed by atoms with van der Waals surface area (Å²) in [5, 5.41) is 13.1. The normalized spacial score (nSPS) is 14.9. The van der Waals surface area contributed by atoms with Crippen LogP contribution in [-0.2, 0) is 0 Å². The second-order valence-electron chi connectivity index (χ2n) is 3.30. The molecule has 0 radical (unpaired) electrons. The van der Waals surface area contributed by atoms with Crippen LogP contribution in [0.2, 0.25) is 5.02 Å². The highest BCUT2D eigenvalue weighted by atomic mass is 79.9. The van der Waals surface area contributed by atoms with Crippen molar-refractivity contribution in [2.45, 2.75) is 26.0 Å². The highest BCUT2D eigenvalue weighted by molar-refractivity contribution is 9.10. The third kappa shape index (κ3) is 3.15. The topological polar surface area (TPSA) is 32.3 Å². The first-order valence-corrected chi connectivity index (χ1v) is 5.57. The lowest BCUT2D eigenvalue weighted by Crippen LogP contribution is -2.27. The van der Waals surface area contributed by atoms with Crippen LogP contribution >= 0.6 is 27.5 Å². The number of hydrogen-bond acceptors (Lipinski definition) is 2. The van der Waals surface area contributed by atoms with Crippen molar-refractivity contribution in [1.82, 2.24) is 0 Å². The summed E-state index contributed by atoms with van der Waals surface area (Å²) in [6.07, 6.45) is -0.412. The van der Waals surface area contributed by atoms with Gasteiger partial charge in [-0.2, -0.15) is 0 Å². The van der Waals surface area contributed by atoms with Gasteiger partial charge in [-0.1, -0.05) is 27.5 Å². The molecule has 1 aromatic rings. The van der Waals surface area contributed by atoms with Crippen molar-refractivity contribution >= 4 is 33.2 Å². The van der Waals surface area contributed by atoms with Crippen molar-refractivity contribution in [2.75, 3.05) is 5.32 Å². The number of rotatable bonds is 3. The van der Waals surface area contributed by atoms with E-state index in [1.807, 2.05) is 25.1 Å². The Labute approximate surface area is 97.4 Å². The van der Waals surface area contributed by atoms with E-state index in [0.717, 1.165) is 10.2 Å². The molecule has 2 atom stereocenters. The number of anilines is 1. The monoisotopic (exact) mass is 277 g/mol. The zero-order chi connectivity index (χ0) is 10.7. The fourth-order valence-electron chi connectivity index (χ4n) is 0.974. The van der Waals surface area contributed by atoms with Crippen LogP contribution in [0.25, 0.3) is 0 Å². The van der Waals surface area contributed by atoms with E-state index in [2.05, 4.69) is 21.2 Å². The molecule has 2 nitrogen and oxygen atoms in total. The molecule has 0 aliphatic heterocycles. The van der Waals surface area contributed by atoms with Crippen molar-refractivity contribution in [3.05, 3.63) is 27.7 Å². The van der Waals surface area contributed by atoms with Crippen molar-refractivity contribution in [3.8, 4) is 0 Å². The number of benzene rings is 1. The molecule has 0 saturated heterocycles. The molecule has 0 fully saturated rings. The van der Waals surface area contributed by atoms with Gasteiger partial charge in [0.25, 0.3) is 0 Å². The molecular weight excluding hydrogens is 265 g/mol. The van der Waals surface area contributed by atoms with Gasteiger partial charge in [0, 0.05) is 10.5 Å². The van der Waals surface area contributed by atoms with Gasteiger partial charge >= 0.3 is 0 Å². The lowest BCUT2D eigenvalue weighted by atomic mass is 10.2. The molecule has 78 valence electrons. The molecule has 0 aliphatic carbocycles. The van der Waals surface area contributed by atoms with Crippen LogP contribution in [0.1, 0.15) is 13.8 Å². The number of aliphatic hydroxyl groups excluding tert-OH is 1. The molecule has 2 unspecified atom stereocenters. The van der Waals surface area contributed by atoms with E-state index in [0.29, 0.717) is 5.02 Å². The Morgan fingerprint density at radius 2 is 2.07 bits per heavy atom. The highest BCUT2D eigenvalue weighted by Gasteiger charge is 2.10. The summed E-state index contributed by atoms with van der Waals surface area (Å²) in [4.78, 5) is 0. The van der Waals surface area contributed by atoms with E-state index < -0.39 is 6.10 Å². The Morgan fingerprint density at radius 3 is 2.64 bits per heavy atom. The minimum atomic E-state index is -0.412. The van der Waals surface area contributed by atoms with E-state index in [4.69, 9.17) is 11.6 Å². The molecular formula is C10H13BrClNO. The fraction of sp³-hybridized carbons (Fsp3) is 0.400. The Balaban J connectivity index is 2.80. The lowest BCUT2D eigenvalue weighted by molar-refractivity contribution is 0.178. The van der Waals surface area contributed by atoms with Crippen molar-refractivity contribution in [2.24, 2.45) is 0 Å². The molecule has 1 aromatic carbocycles. The van der Waals surface area contributed by atoms with E-state index in [-0.39, 0.29) is 6.04 Å². The van der Waals surface area contributed by atoms with Gasteiger partial charge in [0.05, 0.1) is 16.8 Å². The van der Waals surface area contributed by atoms with Crippen molar-refractivity contribution < 1.29 is 5.11 Å². The first-order chi connectivity index (χ1) is 6.50. The summed E-state index contributed by atoms with van der Waals surface area (Å²) in [6.45, 7) is 3.64. The highest BCUT2D eigenvalue weighted by Crippen LogP contribution is 2.26. The maximum atomic E-state index is 9.33. The van der Waals surface area contributed by atoms with Gasteiger partial charge in [-0.3, -0.25) is 0 Å². The van der Waals surface area contributed by atoms with E-state index in [9.17, 15) is 5.11 Å². The molecule has 0 saturated carbocycles. The number of hydrogen-bond donors (Lipinski definition) is 2. The van der Waals surface area contributed by atoms with E-state index in [1.54, 1.807) is 6.92 Å². The Hall–Kier alpha value is -0.250. The zero-order valence-electron chi connectivity index (χ0n) is 8.09. The zero-order valence-corrected chi connectivity index (χ0v) is 10.4. The van der Waals surface area contributed by atoms with Crippen LogP contribution in [-0.4, -0.2) is 17.3 Å². The van der Waals surface area contributed by atoms with Crippen LogP contribution in [0.15, 0.2) is 22.7 Å². The second kappa shape index (κ2) is 5.01. The molecule has 0 aliphatic rings. The van der Waals surface area contributed by atoms with Crippen molar-refractivity contribution in [1.29, 1.82) is 0 Å². The van der Waals surface area contributed by atoms with Gasteiger partial charge in [0.2, 0.25) is 0 Å². The van der Waals surface area contributed by atoms with Gasteiger partial charge in [-0.15, -0.1) is 0 Å². The standard InChI is InChI=1S/C10H13BrClNO/c1-6(7(2)14)13-10-5-8(11)3-4-9(10)12/h3-7,13-14H,1-2H3. The van der Waals surface area contributed by atoms with Crippen LogP contribution in [0.5, 0.6) is 0 Å². The number of halogens is 2. The smallest absolute Gasteiger partial charge is 0.0710 e. The fourth-order valence-corrected chi connectivity index (χ4v) is 1.51. The maximum Gasteiger partial charge on any atom is 0.0710 e. The quantitative estimate of drug-likeness (QED) is 0.889. The Kier molecular flexibility index (Phi) is 4.23. The Bertz CT molecular complexity index is 317. The largest absolute Gasteiger partial charge is 0.391 e. The van der Waals surface area contributed by atoms with Gasteiger partial charge in [0.15, 0.2) is 0 Å². The average molecular weight is 279 g/mol. The first-order valence-electron chi connectivity index (χ1n) is 4.40. The number of aliphatic hydroxyl groups is 1. The molecule has 0 spiro atoms. The second-order valence-corrected chi connectivity index (χ2v) is 4.62. The van der Waals surface area contributed by atoms with Gasteiger partial charge < -0.3 is 10.4 Å². The molecule has 4 heteroatoms. The predicted octanol–water partition coefficient (Wildman–Crippen LogP) is 3.28. The third-order valence-corrected chi connectivity index (χ3v) is 2.86. The summed E-state index contributed by atoms with van der Waals surface area (Å²) in [7, 11) is 0. The van der Waals surface area contributed by atoms with Gasteiger partial charge in [-0.25, -0.2) is 0 Å². The molecule has 0 aromatic heterocycles. The predicted molar refractivity (Wildman–Crippen MR) is 63.9 cm³/mol. The maximum absolute atomic E-state index is 9.33. The van der Waals surface area contributed by atoms with Gasteiger partial charge in [-0.05, 0) is 32.0 Å². The van der Waals surface area contributed by atoms with Gasteiger partial charge in [0.1, 0.15) is 0 Å². The summed E-state index contributed by atoms with van der Waals surface area (Å²) < 4.78 is 0.960. The summed E-state index contributed by atoms with van der Waals surface area (Å²) in [6, 6.07) is 5.55. The summed E-state index contributed by atoms with van der Waals surface area (Å²) >= 11 is 9.34. The summed E-state index contributed by atoms with van der Waals surface area (Å²) in [5.41, 5.74) is 0.828. The Morgan fingerprint density at radius 1 is 1.43 bits per heavy atom. The number of nitrogens with one attached hydrogen (secondary N) is 1. The van der Waals surface area contributed by atoms with Crippen LogP contribution < -0.4 is 5.32 Å². The molecule has 2 N–H and O–H groups in total. The van der Waals surface area contributed by atoms with Crippen LogP contribution in [0.3, 0.4) is 0 Å². The van der Waals surface area contributed by atoms with Crippen LogP contribution in [0.4, 0.5) is 5.69 Å². The van der Waals surface area contributed by atoms with Crippen LogP contribution in [0, 0.1) is 0 Å².